The van der Waals surface area contributed by atoms with Gasteiger partial charge in [-0.25, -0.2) is 0 Å². The van der Waals surface area contributed by atoms with E-state index in [-0.39, 0.29) is 19.0 Å². The second kappa shape index (κ2) is 5.65. The first-order valence-corrected chi connectivity index (χ1v) is 5.16. The number of methoxy groups -OCH3 is 1. The van der Waals surface area contributed by atoms with Crippen LogP contribution in [0.4, 0.5) is 13.2 Å². The van der Waals surface area contributed by atoms with Gasteiger partial charge in [-0.3, -0.25) is 0 Å². The van der Waals surface area contributed by atoms with Crippen LogP contribution < -0.4 is 0 Å². The molecule has 0 fully saturated rings. The number of benzene rings is 1. The summed E-state index contributed by atoms with van der Waals surface area (Å²) in [5.41, 5.74) is -0.606. The predicted octanol–water partition coefficient (Wildman–Crippen LogP) is 3.59. The standard InChI is InChI=1S/C10H10BrF3O2/c1-15-6-16-5-7-2-3-8(11)4-9(7)10(12,13)14/h2-4H,5-6H2,1H3. The van der Waals surface area contributed by atoms with Crippen molar-refractivity contribution in [3.63, 3.8) is 0 Å². The molecular weight excluding hydrogens is 289 g/mol. The Morgan fingerprint density at radius 1 is 1.31 bits per heavy atom. The summed E-state index contributed by atoms with van der Waals surface area (Å²) < 4.78 is 47.8. The van der Waals surface area contributed by atoms with Gasteiger partial charge in [0.1, 0.15) is 6.79 Å². The van der Waals surface area contributed by atoms with Crippen LogP contribution in [0.25, 0.3) is 0 Å². The number of hydrogen-bond donors (Lipinski definition) is 0. The molecule has 0 N–H and O–H groups in total. The van der Waals surface area contributed by atoms with Gasteiger partial charge in [-0.15, -0.1) is 0 Å². The maximum Gasteiger partial charge on any atom is 0.416 e. The molecule has 0 aliphatic rings. The minimum Gasteiger partial charge on any atom is -0.359 e. The largest absolute Gasteiger partial charge is 0.416 e. The summed E-state index contributed by atoms with van der Waals surface area (Å²) >= 11 is 3.01. The molecule has 0 aliphatic heterocycles. The molecule has 0 heterocycles. The minimum absolute atomic E-state index is 0.0344. The van der Waals surface area contributed by atoms with E-state index in [1.54, 1.807) is 6.07 Å². The zero-order chi connectivity index (χ0) is 12.2. The van der Waals surface area contributed by atoms with E-state index in [0.29, 0.717) is 4.47 Å². The van der Waals surface area contributed by atoms with Crippen LogP contribution in [0.2, 0.25) is 0 Å². The fourth-order valence-electron chi connectivity index (χ4n) is 1.17. The Balaban J connectivity index is 2.90. The first-order valence-electron chi connectivity index (χ1n) is 4.37. The zero-order valence-corrected chi connectivity index (χ0v) is 10.1. The van der Waals surface area contributed by atoms with Crippen LogP contribution in [0.1, 0.15) is 11.1 Å². The molecule has 0 saturated carbocycles. The van der Waals surface area contributed by atoms with Crippen molar-refractivity contribution < 1.29 is 22.6 Å². The second-order valence-corrected chi connectivity index (χ2v) is 3.97. The van der Waals surface area contributed by atoms with Crippen molar-refractivity contribution in [1.82, 2.24) is 0 Å². The van der Waals surface area contributed by atoms with Crippen molar-refractivity contribution in [2.45, 2.75) is 12.8 Å². The molecule has 6 heteroatoms. The molecule has 0 aromatic heterocycles. The van der Waals surface area contributed by atoms with Crippen LogP contribution in [0.15, 0.2) is 22.7 Å². The van der Waals surface area contributed by atoms with Crippen molar-refractivity contribution in [3.05, 3.63) is 33.8 Å². The van der Waals surface area contributed by atoms with E-state index in [9.17, 15) is 13.2 Å². The Labute approximate surface area is 99.5 Å². The number of rotatable bonds is 4. The predicted molar refractivity (Wildman–Crippen MR) is 55.8 cm³/mol. The molecule has 0 amide bonds. The molecule has 0 spiro atoms. The molecule has 0 bridgehead atoms. The summed E-state index contributed by atoms with van der Waals surface area (Å²) in [6.45, 7) is -0.163. The maximum atomic E-state index is 12.6. The Bertz CT molecular complexity index is 352. The normalized spacial score (nSPS) is 11.8. The molecule has 0 radical (unpaired) electrons. The second-order valence-electron chi connectivity index (χ2n) is 3.05. The van der Waals surface area contributed by atoms with E-state index in [0.717, 1.165) is 6.07 Å². The molecule has 0 atom stereocenters. The molecule has 1 rings (SSSR count). The summed E-state index contributed by atoms with van der Waals surface area (Å²) in [6, 6.07) is 3.95. The summed E-state index contributed by atoms with van der Waals surface area (Å²) in [4.78, 5) is 0. The monoisotopic (exact) mass is 298 g/mol. The lowest BCUT2D eigenvalue weighted by Gasteiger charge is -2.13. The van der Waals surface area contributed by atoms with Crippen molar-refractivity contribution in [1.29, 1.82) is 0 Å². The van der Waals surface area contributed by atoms with E-state index < -0.39 is 11.7 Å². The maximum absolute atomic E-state index is 12.6. The molecule has 0 aliphatic carbocycles. The van der Waals surface area contributed by atoms with Gasteiger partial charge < -0.3 is 9.47 Å². The van der Waals surface area contributed by atoms with Gasteiger partial charge in [0, 0.05) is 11.6 Å². The van der Waals surface area contributed by atoms with Gasteiger partial charge >= 0.3 is 6.18 Å². The minimum atomic E-state index is -4.38. The number of alkyl halides is 3. The van der Waals surface area contributed by atoms with E-state index in [1.807, 2.05) is 0 Å². The molecule has 16 heavy (non-hydrogen) atoms. The highest BCUT2D eigenvalue weighted by molar-refractivity contribution is 9.10. The van der Waals surface area contributed by atoms with Gasteiger partial charge in [0.25, 0.3) is 0 Å². The van der Waals surface area contributed by atoms with Crippen LogP contribution in [0.5, 0.6) is 0 Å². The van der Waals surface area contributed by atoms with Crippen molar-refractivity contribution in [2.75, 3.05) is 13.9 Å². The van der Waals surface area contributed by atoms with Crippen LogP contribution in [0.3, 0.4) is 0 Å². The number of halogens is 4. The fraction of sp³-hybridized carbons (Fsp3) is 0.400. The molecular formula is C10H10BrF3O2. The lowest BCUT2D eigenvalue weighted by Crippen LogP contribution is -2.10. The van der Waals surface area contributed by atoms with E-state index in [2.05, 4.69) is 20.7 Å². The highest BCUT2D eigenvalue weighted by atomic mass is 79.9. The summed E-state index contributed by atoms with van der Waals surface area (Å²) in [6.07, 6.45) is -4.38. The van der Waals surface area contributed by atoms with Gasteiger partial charge in [0.2, 0.25) is 0 Å². The van der Waals surface area contributed by atoms with Crippen molar-refractivity contribution in [3.8, 4) is 0 Å². The average Bonchev–Trinajstić information content (AvgIpc) is 2.19. The summed E-state index contributed by atoms with van der Waals surface area (Å²) in [5.74, 6) is 0. The zero-order valence-electron chi connectivity index (χ0n) is 8.47. The lowest BCUT2D eigenvalue weighted by atomic mass is 10.1. The fourth-order valence-corrected chi connectivity index (χ4v) is 1.53. The van der Waals surface area contributed by atoms with Crippen molar-refractivity contribution in [2.24, 2.45) is 0 Å². The molecule has 0 unspecified atom stereocenters. The molecule has 1 aromatic rings. The van der Waals surface area contributed by atoms with Crippen LogP contribution in [-0.2, 0) is 22.3 Å². The average molecular weight is 299 g/mol. The van der Waals surface area contributed by atoms with Crippen molar-refractivity contribution >= 4 is 15.9 Å². The van der Waals surface area contributed by atoms with E-state index in [4.69, 9.17) is 4.74 Å². The Kier molecular flexibility index (Phi) is 4.76. The third-order valence-electron chi connectivity index (χ3n) is 1.84. The van der Waals surface area contributed by atoms with Crippen LogP contribution in [-0.4, -0.2) is 13.9 Å². The highest BCUT2D eigenvalue weighted by Gasteiger charge is 2.33. The first kappa shape index (κ1) is 13.5. The quantitative estimate of drug-likeness (QED) is 0.625. The Morgan fingerprint density at radius 3 is 2.56 bits per heavy atom. The van der Waals surface area contributed by atoms with E-state index >= 15 is 0 Å². The smallest absolute Gasteiger partial charge is 0.359 e. The highest BCUT2D eigenvalue weighted by Crippen LogP contribution is 2.34. The van der Waals surface area contributed by atoms with Gasteiger partial charge in [-0.05, 0) is 17.7 Å². The third kappa shape index (κ3) is 3.77. The van der Waals surface area contributed by atoms with Crippen LogP contribution in [0, 0.1) is 0 Å². The Morgan fingerprint density at radius 2 is 2.00 bits per heavy atom. The topological polar surface area (TPSA) is 18.5 Å². The SMILES string of the molecule is COCOCc1ccc(Br)cc1C(F)(F)F. The summed E-state index contributed by atoms with van der Waals surface area (Å²) in [5, 5.41) is 0. The first-order chi connectivity index (χ1) is 7.45. The van der Waals surface area contributed by atoms with E-state index in [1.165, 1.54) is 13.2 Å². The molecule has 1 aromatic carbocycles. The van der Waals surface area contributed by atoms with Gasteiger partial charge in [-0.1, -0.05) is 22.0 Å². The number of hydrogen-bond acceptors (Lipinski definition) is 2. The Hall–Kier alpha value is -0.590. The lowest BCUT2D eigenvalue weighted by molar-refractivity contribution is -0.139. The van der Waals surface area contributed by atoms with Gasteiger partial charge in [0.05, 0.1) is 12.2 Å². The molecule has 90 valence electrons. The van der Waals surface area contributed by atoms with Gasteiger partial charge in [0.15, 0.2) is 0 Å². The summed E-state index contributed by atoms with van der Waals surface area (Å²) in [7, 11) is 1.41. The number of ether oxygens (including phenoxy) is 2. The third-order valence-corrected chi connectivity index (χ3v) is 2.33. The van der Waals surface area contributed by atoms with Crippen LogP contribution >= 0.6 is 15.9 Å². The molecule has 2 nitrogen and oxygen atoms in total. The van der Waals surface area contributed by atoms with Gasteiger partial charge in [-0.2, -0.15) is 13.2 Å². The molecule has 0 saturated heterocycles.